The molecule has 5 nitrogen and oxygen atoms in total. The van der Waals surface area contributed by atoms with Crippen LogP contribution in [-0.2, 0) is 6.18 Å². The van der Waals surface area contributed by atoms with Gasteiger partial charge in [0.2, 0.25) is 0 Å². The average Bonchev–Trinajstić information content (AvgIpc) is 2.94. The fourth-order valence-electron chi connectivity index (χ4n) is 3.28. The first kappa shape index (κ1) is 16.9. The summed E-state index contributed by atoms with van der Waals surface area (Å²) in [5, 5.41) is 22.0. The molecule has 1 heterocycles. The number of alkyl halides is 3. The number of phenols is 1. The van der Waals surface area contributed by atoms with Gasteiger partial charge < -0.3 is 9.67 Å². The summed E-state index contributed by atoms with van der Waals surface area (Å²) in [5.41, 5.74) is -1.01. The van der Waals surface area contributed by atoms with Crippen LogP contribution in [-0.4, -0.2) is 14.6 Å². The number of aromatic nitrogens is 1. The monoisotopic (exact) mass is 372 g/mol. The fraction of sp³-hybridized carbons (Fsp3) is 0.0526. The Balaban J connectivity index is 2.15. The zero-order chi connectivity index (χ0) is 19.3. The number of aromatic hydroxyl groups is 1. The maximum Gasteiger partial charge on any atom is 0.418 e. The first-order chi connectivity index (χ1) is 12.8. The summed E-state index contributed by atoms with van der Waals surface area (Å²) in [4.78, 5) is 10.1. The molecule has 0 aliphatic heterocycles. The van der Waals surface area contributed by atoms with E-state index in [1.807, 2.05) is 0 Å². The van der Waals surface area contributed by atoms with Crippen LogP contribution >= 0.6 is 0 Å². The lowest BCUT2D eigenvalue weighted by Crippen LogP contribution is -2.11. The van der Waals surface area contributed by atoms with Crippen LogP contribution in [0.25, 0.3) is 27.5 Å². The first-order valence-corrected chi connectivity index (χ1v) is 7.85. The van der Waals surface area contributed by atoms with Crippen molar-refractivity contribution in [3.8, 4) is 11.4 Å². The van der Waals surface area contributed by atoms with Crippen molar-refractivity contribution in [1.29, 1.82) is 0 Å². The lowest BCUT2D eigenvalue weighted by atomic mass is 10.1. The normalized spacial score (nSPS) is 12.0. The van der Waals surface area contributed by atoms with Crippen molar-refractivity contribution in [2.24, 2.45) is 0 Å². The molecule has 3 aromatic carbocycles. The van der Waals surface area contributed by atoms with E-state index in [1.165, 1.54) is 22.8 Å². The smallest absolute Gasteiger partial charge is 0.418 e. The van der Waals surface area contributed by atoms with Crippen molar-refractivity contribution in [3.63, 3.8) is 0 Å². The van der Waals surface area contributed by atoms with E-state index in [4.69, 9.17) is 0 Å². The van der Waals surface area contributed by atoms with E-state index >= 15 is 0 Å². The molecule has 4 aromatic rings. The van der Waals surface area contributed by atoms with Crippen LogP contribution < -0.4 is 0 Å². The molecule has 0 amide bonds. The van der Waals surface area contributed by atoms with Gasteiger partial charge in [0.25, 0.3) is 5.69 Å². The molecule has 4 rings (SSSR count). The van der Waals surface area contributed by atoms with Crippen LogP contribution in [0.3, 0.4) is 0 Å². The van der Waals surface area contributed by atoms with E-state index in [2.05, 4.69) is 0 Å². The molecule has 0 aliphatic rings. The number of nitrogens with zero attached hydrogens (tertiary/aromatic N) is 2. The molecule has 0 atom stereocenters. The maximum atomic E-state index is 13.7. The van der Waals surface area contributed by atoms with Crippen LogP contribution in [0.2, 0.25) is 0 Å². The summed E-state index contributed by atoms with van der Waals surface area (Å²) < 4.78 is 42.4. The number of benzene rings is 3. The van der Waals surface area contributed by atoms with Crippen molar-refractivity contribution in [1.82, 2.24) is 4.57 Å². The number of para-hydroxylation sites is 1. The van der Waals surface area contributed by atoms with Gasteiger partial charge in [-0.25, -0.2) is 0 Å². The van der Waals surface area contributed by atoms with E-state index in [9.17, 15) is 28.4 Å². The van der Waals surface area contributed by atoms with Crippen LogP contribution in [0.4, 0.5) is 18.9 Å². The Morgan fingerprint density at radius 2 is 1.63 bits per heavy atom. The molecule has 0 fully saturated rings. The Bertz CT molecular complexity index is 1210. The maximum absolute atomic E-state index is 13.7. The first-order valence-electron chi connectivity index (χ1n) is 7.85. The molecule has 27 heavy (non-hydrogen) atoms. The number of phenolic OH excluding ortho intramolecular Hbond substituents is 1. The van der Waals surface area contributed by atoms with Crippen molar-refractivity contribution in [2.75, 3.05) is 0 Å². The van der Waals surface area contributed by atoms with Gasteiger partial charge in [0.1, 0.15) is 5.75 Å². The van der Waals surface area contributed by atoms with E-state index in [0.717, 1.165) is 12.1 Å². The minimum atomic E-state index is -4.78. The molecular formula is C19H11F3N2O3. The Hall–Kier alpha value is -3.55. The standard InChI is InChI=1S/C19H11F3N2O3/c20-19(21,22)15-9-11(24(26)27)5-7-18(15)23-16-4-2-1-3-13(16)14-10-12(25)6-8-17(14)23/h1-10,25H. The SMILES string of the molecule is O=[N+]([O-])c1ccc(-n2c3ccccc3c3cc(O)ccc32)c(C(F)(F)F)c1. The lowest BCUT2D eigenvalue weighted by molar-refractivity contribution is -0.385. The number of fused-ring (bicyclic) bond motifs is 3. The van der Waals surface area contributed by atoms with Crippen LogP contribution in [0.15, 0.2) is 60.7 Å². The third-order valence-electron chi connectivity index (χ3n) is 4.39. The number of hydrogen-bond acceptors (Lipinski definition) is 3. The number of hydrogen-bond donors (Lipinski definition) is 1. The molecule has 1 N–H and O–H groups in total. The minimum Gasteiger partial charge on any atom is -0.508 e. The highest BCUT2D eigenvalue weighted by molar-refractivity contribution is 6.09. The predicted octanol–water partition coefficient (Wildman–Crippen LogP) is 5.42. The Morgan fingerprint density at radius 3 is 2.33 bits per heavy atom. The topological polar surface area (TPSA) is 68.3 Å². The summed E-state index contributed by atoms with van der Waals surface area (Å²) in [6.07, 6.45) is -4.78. The largest absolute Gasteiger partial charge is 0.508 e. The number of non-ortho nitro benzene ring substituents is 1. The van der Waals surface area contributed by atoms with E-state index in [0.29, 0.717) is 27.9 Å². The van der Waals surface area contributed by atoms with Crippen molar-refractivity contribution in [2.45, 2.75) is 6.18 Å². The molecule has 0 bridgehead atoms. The van der Waals surface area contributed by atoms with Crippen molar-refractivity contribution < 1.29 is 23.2 Å². The quantitative estimate of drug-likeness (QED) is 0.378. The Labute approximate surface area is 150 Å². The summed E-state index contributed by atoms with van der Waals surface area (Å²) in [5.74, 6) is -0.00912. The number of nitro benzene ring substituents is 1. The summed E-state index contributed by atoms with van der Waals surface area (Å²) in [6, 6.07) is 13.9. The highest BCUT2D eigenvalue weighted by Gasteiger charge is 2.36. The molecule has 0 saturated heterocycles. The third kappa shape index (κ3) is 2.66. The zero-order valence-electron chi connectivity index (χ0n) is 13.6. The summed E-state index contributed by atoms with van der Waals surface area (Å²) in [7, 11) is 0. The van der Waals surface area contributed by atoms with Crippen molar-refractivity contribution in [3.05, 3.63) is 76.3 Å². The zero-order valence-corrected chi connectivity index (χ0v) is 13.6. The van der Waals surface area contributed by atoms with Crippen molar-refractivity contribution >= 4 is 27.5 Å². The van der Waals surface area contributed by atoms with Crippen LogP contribution in [0.1, 0.15) is 5.56 Å². The van der Waals surface area contributed by atoms with Crippen LogP contribution in [0.5, 0.6) is 5.75 Å². The van der Waals surface area contributed by atoms with Gasteiger partial charge in [-0.15, -0.1) is 0 Å². The molecule has 8 heteroatoms. The van der Waals surface area contributed by atoms with Gasteiger partial charge >= 0.3 is 6.18 Å². The van der Waals surface area contributed by atoms with E-state index in [-0.39, 0.29) is 11.4 Å². The number of nitro groups is 1. The second kappa shape index (κ2) is 5.73. The number of halogens is 3. The highest BCUT2D eigenvalue weighted by Crippen LogP contribution is 2.40. The molecule has 136 valence electrons. The van der Waals surface area contributed by atoms with Gasteiger partial charge in [0, 0.05) is 22.9 Å². The second-order valence-electron chi connectivity index (χ2n) is 6.01. The molecule has 1 aromatic heterocycles. The van der Waals surface area contributed by atoms with Crippen LogP contribution in [0, 0.1) is 10.1 Å². The number of rotatable bonds is 2. The summed E-state index contributed by atoms with van der Waals surface area (Å²) in [6.45, 7) is 0. The fourth-order valence-corrected chi connectivity index (χ4v) is 3.28. The Kier molecular flexibility index (Phi) is 3.59. The highest BCUT2D eigenvalue weighted by atomic mass is 19.4. The molecular weight excluding hydrogens is 361 g/mol. The third-order valence-corrected chi connectivity index (χ3v) is 4.39. The lowest BCUT2D eigenvalue weighted by Gasteiger charge is -2.15. The Morgan fingerprint density at radius 1 is 0.926 bits per heavy atom. The molecule has 0 unspecified atom stereocenters. The van der Waals surface area contributed by atoms with Gasteiger partial charge in [-0.05, 0) is 30.3 Å². The predicted molar refractivity (Wildman–Crippen MR) is 94.1 cm³/mol. The summed E-state index contributed by atoms with van der Waals surface area (Å²) >= 11 is 0. The van der Waals surface area contributed by atoms with E-state index in [1.54, 1.807) is 24.3 Å². The molecule has 0 aliphatic carbocycles. The average molecular weight is 372 g/mol. The molecule has 0 saturated carbocycles. The van der Waals surface area contributed by atoms with Gasteiger partial charge in [0.15, 0.2) is 0 Å². The molecule has 0 spiro atoms. The van der Waals surface area contributed by atoms with Gasteiger partial charge in [0.05, 0.1) is 27.2 Å². The second-order valence-corrected chi connectivity index (χ2v) is 6.01. The van der Waals surface area contributed by atoms with E-state index < -0.39 is 22.4 Å². The van der Waals surface area contributed by atoms with Gasteiger partial charge in [-0.3, -0.25) is 10.1 Å². The van der Waals surface area contributed by atoms with Gasteiger partial charge in [-0.1, -0.05) is 18.2 Å². The molecule has 0 radical (unpaired) electrons. The van der Waals surface area contributed by atoms with Gasteiger partial charge in [-0.2, -0.15) is 13.2 Å². The minimum absolute atomic E-state index is 0.00912.